The summed E-state index contributed by atoms with van der Waals surface area (Å²) >= 11 is 0. The van der Waals surface area contributed by atoms with Gasteiger partial charge in [-0.25, -0.2) is 0 Å². The highest BCUT2D eigenvalue weighted by atomic mass is 16.2. The van der Waals surface area contributed by atoms with Crippen molar-refractivity contribution in [3.8, 4) is 0 Å². The highest BCUT2D eigenvalue weighted by molar-refractivity contribution is 5.96. The second kappa shape index (κ2) is 8.08. The van der Waals surface area contributed by atoms with Crippen molar-refractivity contribution >= 4 is 17.4 Å². The largest absolute Gasteiger partial charge is 0.325 e. The Bertz CT molecular complexity index is 502. The number of nitrogens with one attached hydrogen (secondary N) is 1. The predicted molar refractivity (Wildman–Crippen MR) is 89.2 cm³/mol. The number of nitrogens with zero attached hydrogens (tertiary/aromatic N) is 1. The number of rotatable bonds is 4. The van der Waals surface area contributed by atoms with Crippen molar-refractivity contribution in [3.05, 3.63) is 29.8 Å². The third kappa shape index (κ3) is 4.67. The lowest BCUT2D eigenvalue weighted by Crippen LogP contribution is -2.43. The van der Waals surface area contributed by atoms with Gasteiger partial charge in [0.1, 0.15) is 0 Å². The van der Waals surface area contributed by atoms with E-state index in [1.165, 1.54) is 39.0 Å². The van der Waals surface area contributed by atoms with Crippen molar-refractivity contribution in [2.45, 2.75) is 52.0 Å². The molecule has 1 saturated heterocycles. The van der Waals surface area contributed by atoms with Crippen LogP contribution in [0.25, 0.3) is 0 Å². The average Bonchev–Trinajstić information content (AvgIpc) is 2.47. The molecule has 120 valence electrons. The van der Waals surface area contributed by atoms with E-state index >= 15 is 0 Å². The summed E-state index contributed by atoms with van der Waals surface area (Å²) in [6.45, 7) is 5.51. The van der Waals surface area contributed by atoms with Crippen LogP contribution in [0.1, 0.15) is 56.3 Å². The van der Waals surface area contributed by atoms with E-state index in [2.05, 4.69) is 10.2 Å². The third-order valence-electron chi connectivity index (χ3n) is 4.38. The fourth-order valence-corrected chi connectivity index (χ4v) is 2.86. The first-order valence-corrected chi connectivity index (χ1v) is 8.24. The second-order valence-corrected chi connectivity index (χ2v) is 6.10. The molecule has 0 unspecified atom stereocenters. The summed E-state index contributed by atoms with van der Waals surface area (Å²) < 4.78 is 0. The summed E-state index contributed by atoms with van der Waals surface area (Å²) in [5, 5.41) is 2.95. The first-order chi connectivity index (χ1) is 10.6. The zero-order chi connectivity index (χ0) is 15.9. The molecular weight excluding hydrogens is 276 g/mol. The van der Waals surface area contributed by atoms with Crippen molar-refractivity contribution in [3.63, 3.8) is 0 Å². The first-order valence-electron chi connectivity index (χ1n) is 8.24. The minimum Gasteiger partial charge on any atom is -0.325 e. The molecule has 2 rings (SSSR count). The molecule has 0 aromatic heterocycles. The summed E-state index contributed by atoms with van der Waals surface area (Å²) in [6, 6.07) is 6.95. The molecule has 1 N–H and O–H groups in total. The van der Waals surface area contributed by atoms with Crippen LogP contribution in [0, 0.1) is 0 Å². The molecule has 1 aliphatic rings. The van der Waals surface area contributed by atoms with E-state index < -0.39 is 0 Å². The molecule has 0 aliphatic carbocycles. The standard InChI is InChI=1S/C18H26N2O2/c1-14(20-12-6-4-3-5-7-13-20)18(22)19-17-10-8-16(9-11-17)15(2)21/h8-11,14H,3-7,12-13H2,1-2H3,(H,19,22)/t14-/m0/s1. The van der Waals surface area contributed by atoms with Gasteiger partial charge in [0.2, 0.25) is 5.91 Å². The maximum atomic E-state index is 12.4. The van der Waals surface area contributed by atoms with Gasteiger partial charge in [-0.15, -0.1) is 0 Å². The molecule has 0 radical (unpaired) electrons. The van der Waals surface area contributed by atoms with Gasteiger partial charge < -0.3 is 5.32 Å². The fourth-order valence-electron chi connectivity index (χ4n) is 2.86. The quantitative estimate of drug-likeness (QED) is 0.866. The van der Waals surface area contributed by atoms with Crippen LogP contribution >= 0.6 is 0 Å². The molecular formula is C18H26N2O2. The molecule has 1 aromatic rings. The Balaban J connectivity index is 1.93. The number of hydrogen-bond acceptors (Lipinski definition) is 3. The average molecular weight is 302 g/mol. The molecule has 1 fully saturated rings. The van der Waals surface area contributed by atoms with Crippen molar-refractivity contribution in [1.82, 2.24) is 4.90 Å². The van der Waals surface area contributed by atoms with Gasteiger partial charge in [-0.1, -0.05) is 19.3 Å². The van der Waals surface area contributed by atoms with Crippen LogP contribution in [-0.2, 0) is 4.79 Å². The zero-order valence-corrected chi connectivity index (χ0v) is 13.6. The van der Waals surface area contributed by atoms with E-state index in [0.717, 1.165) is 18.8 Å². The number of benzene rings is 1. The smallest absolute Gasteiger partial charge is 0.241 e. The van der Waals surface area contributed by atoms with E-state index in [1.807, 2.05) is 6.92 Å². The van der Waals surface area contributed by atoms with Crippen molar-refractivity contribution in [2.24, 2.45) is 0 Å². The minimum absolute atomic E-state index is 0.0242. The van der Waals surface area contributed by atoms with Crippen molar-refractivity contribution in [2.75, 3.05) is 18.4 Å². The van der Waals surface area contributed by atoms with Gasteiger partial charge in [0.05, 0.1) is 6.04 Å². The molecule has 0 bridgehead atoms. The first kappa shape index (κ1) is 16.7. The summed E-state index contributed by atoms with van der Waals surface area (Å²) in [5.41, 5.74) is 1.41. The molecule has 1 heterocycles. The van der Waals surface area contributed by atoms with E-state index in [0.29, 0.717) is 5.56 Å². The topological polar surface area (TPSA) is 49.4 Å². The zero-order valence-electron chi connectivity index (χ0n) is 13.6. The second-order valence-electron chi connectivity index (χ2n) is 6.10. The van der Waals surface area contributed by atoms with E-state index in [9.17, 15) is 9.59 Å². The molecule has 1 aromatic carbocycles. The summed E-state index contributed by atoms with van der Waals surface area (Å²) in [5.74, 6) is 0.0584. The van der Waals surface area contributed by atoms with E-state index in [1.54, 1.807) is 24.3 Å². The number of likely N-dealkylation sites (tertiary alicyclic amines) is 1. The molecule has 1 amide bonds. The lowest BCUT2D eigenvalue weighted by molar-refractivity contribution is -0.120. The Morgan fingerprint density at radius 2 is 1.55 bits per heavy atom. The van der Waals surface area contributed by atoms with Crippen LogP contribution in [0.4, 0.5) is 5.69 Å². The molecule has 0 spiro atoms. The number of ketones is 1. The number of carbonyl (C=O) groups is 2. The van der Waals surface area contributed by atoms with E-state index in [-0.39, 0.29) is 17.7 Å². The Kier molecular flexibility index (Phi) is 6.13. The maximum Gasteiger partial charge on any atom is 0.241 e. The number of amides is 1. The van der Waals surface area contributed by atoms with Gasteiger partial charge in [0.15, 0.2) is 5.78 Å². The molecule has 1 atom stereocenters. The summed E-state index contributed by atoms with van der Waals surface area (Å²) in [6.07, 6.45) is 6.18. The van der Waals surface area contributed by atoms with Gasteiger partial charge in [-0.2, -0.15) is 0 Å². The van der Waals surface area contributed by atoms with Crippen LogP contribution in [0.2, 0.25) is 0 Å². The molecule has 4 heteroatoms. The van der Waals surface area contributed by atoms with Gasteiger partial charge in [0, 0.05) is 11.3 Å². The van der Waals surface area contributed by atoms with Crippen LogP contribution < -0.4 is 5.32 Å². The Hall–Kier alpha value is -1.68. The number of Topliss-reactive ketones (excluding diaryl/α,β-unsaturated/α-hetero) is 1. The number of hydrogen-bond donors (Lipinski definition) is 1. The van der Waals surface area contributed by atoms with Gasteiger partial charge in [0.25, 0.3) is 0 Å². The van der Waals surface area contributed by atoms with E-state index in [4.69, 9.17) is 0 Å². The fraction of sp³-hybridized carbons (Fsp3) is 0.556. The number of anilines is 1. The Labute approximate surface area is 132 Å². The third-order valence-corrected chi connectivity index (χ3v) is 4.38. The van der Waals surface area contributed by atoms with Gasteiger partial charge in [-0.3, -0.25) is 14.5 Å². The maximum absolute atomic E-state index is 12.4. The van der Waals surface area contributed by atoms with Crippen LogP contribution in [-0.4, -0.2) is 35.7 Å². The monoisotopic (exact) mass is 302 g/mol. The lowest BCUT2D eigenvalue weighted by atomic mass is 10.1. The predicted octanol–water partition coefficient (Wildman–Crippen LogP) is 3.48. The molecule has 22 heavy (non-hydrogen) atoms. The highest BCUT2D eigenvalue weighted by Crippen LogP contribution is 2.15. The lowest BCUT2D eigenvalue weighted by Gasteiger charge is -2.29. The summed E-state index contributed by atoms with van der Waals surface area (Å²) in [4.78, 5) is 25.9. The molecule has 4 nitrogen and oxygen atoms in total. The Morgan fingerprint density at radius 1 is 1.00 bits per heavy atom. The molecule has 1 aliphatic heterocycles. The SMILES string of the molecule is CC(=O)c1ccc(NC(=O)[C@H](C)N2CCCCCCC2)cc1. The highest BCUT2D eigenvalue weighted by Gasteiger charge is 2.21. The molecule has 0 saturated carbocycles. The van der Waals surface area contributed by atoms with Gasteiger partial charge >= 0.3 is 0 Å². The van der Waals surface area contributed by atoms with Gasteiger partial charge in [-0.05, 0) is 64.0 Å². The minimum atomic E-state index is -0.120. The van der Waals surface area contributed by atoms with Crippen LogP contribution in [0.5, 0.6) is 0 Å². The van der Waals surface area contributed by atoms with Crippen LogP contribution in [0.3, 0.4) is 0 Å². The van der Waals surface area contributed by atoms with Crippen molar-refractivity contribution < 1.29 is 9.59 Å². The number of carbonyl (C=O) groups excluding carboxylic acids is 2. The van der Waals surface area contributed by atoms with Crippen LogP contribution in [0.15, 0.2) is 24.3 Å². The summed E-state index contributed by atoms with van der Waals surface area (Å²) in [7, 11) is 0. The normalized spacial score (nSPS) is 18.1. The van der Waals surface area contributed by atoms with Crippen molar-refractivity contribution in [1.29, 1.82) is 0 Å². The Morgan fingerprint density at radius 3 is 2.09 bits per heavy atom.